The molecule has 118 valence electrons. The molecule has 0 aromatic rings. The quantitative estimate of drug-likeness (QED) is 0.751. The molecule has 0 aliphatic rings. The summed E-state index contributed by atoms with van der Waals surface area (Å²) in [6, 6.07) is -0.929. The Hall–Kier alpha value is -0.740. The average Bonchev–Trinajstić information content (AvgIpc) is 2.31. The summed E-state index contributed by atoms with van der Waals surface area (Å²) in [6.45, 7) is 13.1. The number of carbonyl (C=O) groups excluding carboxylic acids is 2. The minimum absolute atomic E-state index is 0.0559. The van der Waals surface area contributed by atoms with E-state index >= 15 is 0 Å². The highest BCUT2D eigenvalue weighted by molar-refractivity contribution is 5.89. The van der Waals surface area contributed by atoms with Crippen LogP contribution in [0.4, 0.5) is 0 Å². The van der Waals surface area contributed by atoms with Gasteiger partial charge in [0.15, 0.2) is 11.6 Å². The first-order chi connectivity index (χ1) is 8.80. The van der Waals surface area contributed by atoms with Gasteiger partial charge in [-0.2, -0.15) is 0 Å². The zero-order valence-electron chi connectivity index (χ0n) is 14.1. The Morgan fingerprint density at radius 2 is 1.40 bits per heavy atom. The Kier molecular flexibility index (Phi) is 6.56. The van der Waals surface area contributed by atoms with Gasteiger partial charge >= 0.3 is 0 Å². The van der Waals surface area contributed by atoms with Gasteiger partial charge < -0.3 is 11.5 Å². The van der Waals surface area contributed by atoms with Gasteiger partial charge in [-0.3, -0.25) is 9.59 Å². The van der Waals surface area contributed by atoms with Crippen molar-refractivity contribution in [2.45, 2.75) is 73.4 Å². The zero-order valence-corrected chi connectivity index (χ0v) is 14.1. The van der Waals surface area contributed by atoms with Crippen molar-refractivity contribution < 1.29 is 9.59 Å². The van der Waals surface area contributed by atoms with Crippen LogP contribution in [0.3, 0.4) is 0 Å². The fraction of sp³-hybridized carbons (Fsp3) is 0.875. The second-order valence-corrected chi connectivity index (χ2v) is 7.69. The first-order valence-corrected chi connectivity index (χ1v) is 7.40. The number of rotatable bonds is 7. The molecule has 4 nitrogen and oxygen atoms in total. The Balaban J connectivity index is 4.60. The maximum absolute atomic E-state index is 12.2. The van der Waals surface area contributed by atoms with E-state index in [1.807, 2.05) is 41.5 Å². The summed E-state index contributed by atoms with van der Waals surface area (Å²) in [5.41, 5.74) is 10.8. The molecular weight excluding hydrogens is 252 g/mol. The molecule has 0 aromatic heterocycles. The molecule has 20 heavy (non-hydrogen) atoms. The van der Waals surface area contributed by atoms with E-state index in [0.717, 1.165) is 6.42 Å². The van der Waals surface area contributed by atoms with Gasteiger partial charge in [-0.1, -0.05) is 41.5 Å². The summed E-state index contributed by atoms with van der Waals surface area (Å²) in [5.74, 6) is 0.184. The Labute approximate surface area is 123 Å². The van der Waals surface area contributed by atoms with Crippen molar-refractivity contribution in [1.82, 2.24) is 0 Å². The standard InChI is InChI=1S/C16H32N2O2/c1-10(12(18)14(20)15(3,4)5)8-9-16(6,7)13(19)11(2)17/h10-12H,8-9,17-18H2,1-7H3/t10?,11-,12-/m0/s1. The summed E-state index contributed by atoms with van der Waals surface area (Å²) < 4.78 is 0. The maximum Gasteiger partial charge on any atom is 0.155 e. The van der Waals surface area contributed by atoms with Crippen LogP contribution in [0.15, 0.2) is 0 Å². The van der Waals surface area contributed by atoms with Crippen LogP contribution in [0.25, 0.3) is 0 Å². The molecule has 0 saturated heterocycles. The highest BCUT2D eigenvalue weighted by atomic mass is 16.1. The molecule has 3 atom stereocenters. The second-order valence-electron chi connectivity index (χ2n) is 7.69. The lowest BCUT2D eigenvalue weighted by Crippen LogP contribution is -2.44. The molecule has 0 aliphatic carbocycles. The molecule has 0 heterocycles. The van der Waals surface area contributed by atoms with Crippen LogP contribution in [-0.2, 0) is 9.59 Å². The molecule has 4 N–H and O–H groups in total. The molecule has 0 saturated carbocycles. The Morgan fingerprint density at radius 3 is 1.75 bits per heavy atom. The molecule has 1 unspecified atom stereocenters. The van der Waals surface area contributed by atoms with E-state index in [0.29, 0.717) is 6.42 Å². The van der Waals surface area contributed by atoms with Gasteiger partial charge in [0.2, 0.25) is 0 Å². The number of hydrogen-bond acceptors (Lipinski definition) is 4. The van der Waals surface area contributed by atoms with Gasteiger partial charge in [-0.05, 0) is 25.7 Å². The number of ketones is 2. The van der Waals surface area contributed by atoms with E-state index in [2.05, 4.69) is 0 Å². The van der Waals surface area contributed by atoms with E-state index in [-0.39, 0.29) is 17.5 Å². The summed E-state index contributed by atoms with van der Waals surface area (Å²) in [4.78, 5) is 24.2. The summed E-state index contributed by atoms with van der Waals surface area (Å²) >= 11 is 0. The van der Waals surface area contributed by atoms with Crippen molar-refractivity contribution in [3.05, 3.63) is 0 Å². The van der Waals surface area contributed by atoms with Crippen LogP contribution in [0.5, 0.6) is 0 Å². The minimum Gasteiger partial charge on any atom is -0.322 e. The van der Waals surface area contributed by atoms with E-state index < -0.39 is 22.9 Å². The molecule has 0 fully saturated rings. The van der Waals surface area contributed by atoms with E-state index in [4.69, 9.17) is 11.5 Å². The van der Waals surface area contributed by atoms with Crippen LogP contribution < -0.4 is 11.5 Å². The summed E-state index contributed by atoms with van der Waals surface area (Å²) in [5, 5.41) is 0. The largest absolute Gasteiger partial charge is 0.322 e. The third kappa shape index (κ3) is 5.33. The maximum atomic E-state index is 12.2. The van der Waals surface area contributed by atoms with Gasteiger partial charge in [-0.15, -0.1) is 0 Å². The SMILES string of the molecule is CC(CCC(C)(C)C(=O)[C@H](C)N)[C@H](N)C(=O)C(C)(C)C. The normalized spacial score (nSPS) is 17.4. The van der Waals surface area contributed by atoms with Gasteiger partial charge in [0.05, 0.1) is 12.1 Å². The third-order valence-electron chi connectivity index (χ3n) is 3.96. The van der Waals surface area contributed by atoms with Crippen LogP contribution in [0.2, 0.25) is 0 Å². The highest BCUT2D eigenvalue weighted by Gasteiger charge is 2.33. The third-order valence-corrected chi connectivity index (χ3v) is 3.96. The van der Waals surface area contributed by atoms with Crippen molar-refractivity contribution in [3.8, 4) is 0 Å². The van der Waals surface area contributed by atoms with Crippen molar-refractivity contribution in [3.63, 3.8) is 0 Å². The highest BCUT2D eigenvalue weighted by Crippen LogP contribution is 2.29. The zero-order chi connectivity index (χ0) is 16.3. The lowest BCUT2D eigenvalue weighted by Gasteiger charge is -2.30. The van der Waals surface area contributed by atoms with Gasteiger partial charge in [0, 0.05) is 10.8 Å². The predicted octanol–water partition coefficient (Wildman–Crippen LogP) is 2.29. The fourth-order valence-corrected chi connectivity index (χ4v) is 2.27. The van der Waals surface area contributed by atoms with Crippen molar-refractivity contribution in [1.29, 1.82) is 0 Å². The minimum atomic E-state index is -0.476. The molecular formula is C16H32N2O2. The lowest BCUT2D eigenvalue weighted by atomic mass is 9.76. The number of carbonyl (C=O) groups is 2. The first kappa shape index (κ1) is 19.3. The summed E-state index contributed by atoms with van der Waals surface area (Å²) in [7, 11) is 0. The molecule has 0 rings (SSSR count). The van der Waals surface area contributed by atoms with Crippen LogP contribution in [-0.4, -0.2) is 23.7 Å². The van der Waals surface area contributed by atoms with Crippen LogP contribution in [0.1, 0.15) is 61.3 Å². The van der Waals surface area contributed by atoms with E-state index in [1.54, 1.807) is 6.92 Å². The predicted molar refractivity (Wildman–Crippen MR) is 83.3 cm³/mol. The molecule has 0 aromatic carbocycles. The first-order valence-electron chi connectivity index (χ1n) is 7.40. The molecule has 4 heteroatoms. The Bertz CT molecular complexity index is 354. The smallest absolute Gasteiger partial charge is 0.155 e. The lowest BCUT2D eigenvalue weighted by molar-refractivity contribution is -0.129. The molecule has 0 spiro atoms. The van der Waals surface area contributed by atoms with Crippen molar-refractivity contribution in [2.24, 2.45) is 28.2 Å². The topological polar surface area (TPSA) is 86.2 Å². The molecule has 0 radical (unpaired) electrons. The van der Waals surface area contributed by atoms with Gasteiger partial charge in [0.1, 0.15) is 0 Å². The molecule has 0 bridgehead atoms. The number of Topliss-reactive ketones (excluding diaryl/α,β-unsaturated/α-hetero) is 2. The summed E-state index contributed by atoms with van der Waals surface area (Å²) in [6.07, 6.45) is 1.44. The van der Waals surface area contributed by atoms with Crippen molar-refractivity contribution >= 4 is 11.6 Å². The van der Waals surface area contributed by atoms with Crippen molar-refractivity contribution in [2.75, 3.05) is 0 Å². The van der Waals surface area contributed by atoms with Gasteiger partial charge in [-0.25, -0.2) is 0 Å². The Morgan fingerprint density at radius 1 is 0.950 bits per heavy atom. The van der Waals surface area contributed by atoms with Crippen LogP contribution in [0, 0.1) is 16.7 Å². The second kappa shape index (κ2) is 6.81. The molecule has 0 amide bonds. The molecule has 0 aliphatic heterocycles. The van der Waals surface area contributed by atoms with E-state index in [9.17, 15) is 9.59 Å². The van der Waals surface area contributed by atoms with Crippen LogP contribution >= 0.6 is 0 Å². The number of hydrogen-bond donors (Lipinski definition) is 2. The monoisotopic (exact) mass is 284 g/mol. The number of nitrogens with two attached hydrogens (primary N) is 2. The van der Waals surface area contributed by atoms with Gasteiger partial charge in [0.25, 0.3) is 0 Å². The van der Waals surface area contributed by atoms with E-state index in [1.165, 1.54) is 0 Å². The average molecular weight is 284 g/mol. The fourth-order valence-electron chi connectivity index (χ4n) is 2.27.